The van der Waals surface area contributed by atoms with Gasteiger partial charge in [-0.25, -0.2) is 4.39 Å². The van der Waals surface area contributed by atoms with E-state index in [0.717, 1.165) is 12.8 Å². The lowest BCUT2D eigenvalue weighted by Gasteiger charge is -2.06. The number of hydrogen-bond donors (Lipinski definition) is 1. The molecule has 0 bridgehead atoms. The second kappa shape index (κ2) is 5.55. The van der Waals surface area contributed by atoms with Gasteiger partial charge in [0.25, 0.3) is 5.91 Å². The first kappa shape index (κ1) is 13.6. The molecule has 1 aromatic carbocycles. The summed E-state index contributed by atoms with van der Waals surface area (Å²) >= 11 is 0. The average Bonchev–Trinajstić information content (AvgIpc) is 3.17. The van der Waals surface area contributed by atoms with E-state index in [0.29, 0.717) is 11.1 Å². The van der Waals surface area contributed by atoms with E-state index < -0.39 is 0 Å². The molecule has 1 aliphatic carbocycles. The van der Waals surface area contributed by atoms with Crippen LogP contribution in [0.2, 0.25) is 0 Å². The number of rotatable bonds is 5. The maximum atomic E-state index is 13.1. The molecular weight excluding hydrogens is 273 g/mol. The highest BCUT2D eigenvalue weighted by molar-refractivity contribution is 5.96. The molecule has 1 fully saturated rings. The predicted octanol–water partition coefficient (Wildman–Crippen LogP) is 2.03. The van der Waals surface area contributed by atoms with Crippen LogP contribution in [-0.2, 0) is 13.7 Å². The van der Waals surface area contributed by atoms with E-state index in [1.807, 2.05) is 0 Å². The van der Waals surface area contributed by atoms with Gasteiger partial charge in [-0.05, 0) is 30.5 Å². The highest BCUT2D eigenvalue weighted by Gasteiger charge is 2.26. The van der Waals surface area contributed by atoms with Crippen LogP contribution in [0.5, 0.6) is 5.88 Å². The molecule has 1 amide bonds. The van der Waals surface area contributed by atoms with Gasteiger partial charge in [0.15, 0.2) is 0 Å². The molecule has 0 saturated heterocycles. The molecule has 1 N–H and O–H groups in total. The Morgan fingerprint density at radius 2 is 2.33 bits per heavy atom. The zero-order valence-corrected chi connectivity index (χ0v) is 11.7. The third-order valence-corrected chi connectivity index (χ3v) is 3.22. The van der Waals surface area contributed by atoms with E-state index >= 15 is 0 Å². The van der Waals surface area contributed by atoms with Crippen LogP contribution in [0.25, 0.3) is 0 Å². The first-order valence-electron chi connectivity index (χ1n) is 6.83. The van der Waals surface area contributed by atoms with Gasteiger partial charge in [0.2, 0.25) is 5.88 Å². The molecule has 1 aliphatic rings. The van der Waals surface area contributed by atoms with Crippen molar-refractivity contribution >= 4 is 5.91 Å². The second-order valence-electron chi connectivity index (χ2n) is 5.19. The van der Waals surface area contributed by atoms with Crippen molar-refractivity contribution in [3.63, 3.8) is 0 Å². The van der Waals surface area contributed by atoms with Crippen molar-refractivity contribution in [1.29, 1.82) is 0 Å². The Balaban J connectivity index is 1.71. The fourth-order valence-corrected chi connectivity index (χ4v) is 2.00. The molecule has 21 heavy (non-hydrogen) atoms. The topological polar surface area (TPSA) is 56.2 Å². The summed E-state index contributed by atoms with van der Waals surface area (Å²) in [6.45, 7) is 0.165. The van der Waals surface area contributed by atoms with Crippen molar-refractivity contribution in [3.05, 3.63) is 47.4 Å². The third kappa shape index (κ3) is 3.39. The summed E-state index contributed by atoms with van der Waals surface area (Å²) in [5.74, 6) is -0.233. The number of nitrogens with zero attached hydrogens (tertiary/aromatic N) is 2. The Bertz CT molecular complexity index is 665. The summed E-state index contributed by atoms with van der Waals surface area (Å²) in [7, 11) is 1.73. The van der Waals surface area contributed by atoms with Crippen molar-refractivity contribution < 1.29 is 13.9 Å². The minimum Gasteiger partial charge on any atom is -0.471 e. The number of benzene rings is 1. The lowest BCUT2D eigenvalue weighted by molar-refractivity contribution is 0.0946. The summed E-state index contributed by atoms with van der Waals surface area (Å²) in [5, 5.41) is 7.04. The largest absolute Gasteiger partial charge is 0.471 e. The number of carbonyl (C=O) groups is 1. The molecule has 5 nitrogen and oxygen atoms in total. The monoisotopic (exact) mass is 289 g/mol. The molecule has 0 radical (unpaired) electrons. The number of halogens is 1. The van der Waals surface area contributed by atoms with E-state index in [-0.39, 0.29) is 30.3 Å². The fourth-order valence-electron chi connectivity index (χ4n) is 2.00. The second-order valence-corrected chi connectivity index (χ2v) is 5.19. The molecule has 0 unspecified atom stereocenters. The Morgan fingerprint density at radius 3 is 3.05 bits per heavy atom. The van der Waals surface area contributed by atoms with Crippen LogP contribution in [0.4, 0.5) is 4.39 Å². The molecule has 0 aliphatic heterocycles. The molecule has 1 aromatic heterocycles. The van der Waals surface area contributed by atoms with Gasteiger partial charge in [-0.1, -0.05) is 12.1 Å². The zero-order chi connectivity index (χ0) is 14.8. The van der Waals surface area contributed by atoms with Gasteiger partial charge < -0.3 is 10.1 Å². The Morgan fingerprint density at radius 1 is 1.52 bits per heavy atom. The number of ether oxygens (including phenoxy) is 1. The van der Waals surface area contributed by atoms with Crippen molar-refractivity contribution in [1.82, 2.24) is 15.1 Å². The van der Waals surface area contributed by atoms with Crippen molar-refractivity contribution in [2.75, 3.05) is 0 Å². The van der Waals surface area contributed by atoms with Crippen LogP contribution in [0.1, 0.15) is 28.8 Å². The minimum absolute atomic E-state index is 0.165. The summed E-state index contributed by atoms with van der Waals surface area (Å²) < 4.78 is 20.2. The van der Waals surface area contributed by atoms with Crippen LogP contribution >= 0.6 is 0 Å². The first-order chi connectivity index (χ1) is 10.1. The molecule has 110 valence electrons. The van der Waals surface area contributed by atoms with E-state index in [9.17, 15) is 9.18 Å². The van der Waals surface area contributed by atoms with Gasteiger partial charge in [0.1, 0.15) is 18.0 Å². The van der Waals surface area contributed by atoms with Crippen molar-refractivity contribution in [2.24, 2.45) is 7.05 Å². The van der Waals surface area contributed by atoms with E-state index in [1.54, 1.807) is 25.4 Å². The molecule has 0 atom stereocenters. The van der Waals surface area contributed by atoms with Gasteiger partial charge in [-0.3, -0.25) is 9.48 Å². The number of aromatic nitrogens is 2. The summed E-state index contributed by atoms with van der Waals surface area (Å²) in [4.78, 5) is 12.1. The first-order valence-corrected chi connectivity index (χ1v) is 6.83. The molecular formula is C15H16FN3O2. The molecule has 2 aromatic rings. The molecule has 3 rings (SSSR count). The average molecular weight is 289 g/mol. The van der Waals surface area contributed by atoms with Crippen molar-refractivity contribution in [3.8, 4) is 5.88 Å². The zero-order valence-electron chi connectivity index (χ0n) is 11.7. The van der Waals surface area contributed by atoms with Gasteiger partial charge >= 0.3 is 0 Å². The van der Waals surface area contributed by atoms with Gasteiger partial charge in [-0.15, -0.1) is 5.10 Å². The number of aryl methyl sites for hydroxylation is 1. The normalized spacial score (nSPS) is 14.0. The lowest BCUT2D eigenvalue weighted by Crippen LogP contribution is -2.25. The third-order valence-electron chi connectivity index (χ3n) is 3.22. The van der Waals surface area contributed by atoms with E-state index in [1.165, 1.54) is 16.8 Å². The standard InChI is InChI=1S/C15H16FN3O2/c1-19-8-13(14(20)17-12-5-6-12)15(18-19)21-9-10-3-2-4-11(16)7-10/h2-4,7-8,12H,5-6,9H2,1H3,(H,17,20). The minimum atomic E-state index is -0.316. The molecule has 0 spiro atoms. The Kier molecular flexibility index (Phi) is 3.60. The predicted molar refractivity (Wildman–Crippen MR) is 74.4 cm³/mol. The summed E-state index contributed by atoms with van der Waals surface area (Å²) in [5.41, 5.74) is 1.09. The van der Waals surface area contributed by atoms with E-state index in [2.05, 4.69) is 10.4 Å². The van der Waals surface area contributed by atoms with Crippen LogP contribution in [0.15, 0.2) is 30.5 Å². The lowest BCUT2D eigenvalue weighted by atomic mass is 10.2. The van der Waals surface area contributed by atoms with Crippen LogP contribution < -0.4 is 10.1 Å². The quantitative estimate of drug-likeness (QED) is 0.916. The number of carbonyl (C=O) groups excluding carboxylic acids is 1. The summed E-state index contributed by atoms with van der Waals surface area (Å²) in [6.07, 6.45) is 3.66. The molecule has 6 heteroatoms. The molecule has 1 heterocycles. The highest BCUT2D eigenvalue weighted by atomic mass is 19.1. The molecule has 1 saturated carbocycles. The van der Waals surface area contributed by atoms with Gasteiger partial charge in [0, 0.05) is 19.3 Å². The highest BCUT2D eigenvalue weighted by Crippen LogP contribution is 2.22. The van der Waals surface area contributed by atoms with Crippen LogP contribution in [-0.4, -0.2) is 21.7 Å². The summed E-state index contributed by atoms with van der Waals surface area (Å²) in [6, 6.07) is 6.42. The smallest absolute Gasteiger partial charge is 0.258 e. The Labute approximate surface area is 121 Å². The van der Waals surface area contributed by atoms with Gasteiger partial charge in [0.05, 0.1) is 0 Å². The van der Waals surface area contributed by atoms with Crippen molar-refractivity contribution in [2.45, 2.75) is 25.5 Å². The van der Waals surface area contributed by atoms with Crippen LogP contribution in [0, 0.1) is 5.82 Å². The maximum Gasteiger partial charge on any atom is 0.258 e. The number of nitrogens with one attached hydrogen (secondary N) is 1. The van der Waals surface area contributed by atoms with Gasteiger partial charge in [-0.2, -0.15) is 0 Å². The maximum absolute atomic E-state index is 13.1. The number of hydrogen-bond acceptors (Lipinski definition) is 3. The SMILES string of the molecule is Cn1cc(C(=O)NC2CC2)c(OCc2cccc(F)c2)n1. The van der Waals surface area contributed by atoms with E-state index in [4.69, 9.17) is 4.74 Å². The number of amides is 1. The van der Waals surface area contributed by atoms with Crippen LogP contribution in [0.3, 0.4) is 0 Å². The fraction of sp³-hybridized carbons (Fsp3) is 0.333. The Hall–Kier alpha value is -2.37.